The number of ether oxygens (including phenoxy) is 2. The second-order valence-electron chi connectivity index (χ2n) is 9.42. The summed E-state index contributed by atoms with van der Waals surface area (Å²) in [5.41, 5.74) is 0.452. The third kappa shape index (κ3) is 2.86. The standard InChI is InChI=1S/C34H22O4/c1-37-33(35)31-29-25-17-9-5-13-21(25)19-11-3-7-15-23(19)27(29)28-24-16-8-4-12-20(24)22-14-6-10-18-26(22)30(28)32(31)34(36)38-2/h3-18H,1-2H3. The first-order chi connectivity index (χ1) is 18.7. The van der Waals surface area contributed by atoms with Gasteiger partial charge in [-0.15, -0.1) is 0 Å². The van der Waals surface area contributed by atoms with Crippen molar-refractivity contribution in [1.82, 2.24) is 0 Å². The molecule has 0 radical (unpaired) electrons. The lowest BCUT2D eigenvalue weighted by Crippen LogP contribution is -2.14. The Bertz CT molecular complexity index is 1990. The Morgan fingerprint density at radius 3 is 0.895 bits per heavy atom. The molecule has 0 unspecified atom stereocenters. The second-order valence-corrected chi connectivity index (χ2v) is 9.42. The van der Waals surface area contributed by atoms with Gasteiger partial charge in [0.15, 0.2) is 0 Å². The lowest BCUT2D eigenvalue weighted by atomic mass is 9.82. The van der Waals surface area contributed by atoms with E-state index >= 15 is 0 Å². The molecule has 0 saturated heterocycles. The van der Waals surface area contributed by atoms with Crippen LogP contribution in [0, 0.1) is 0 Å². The number of fused-ring (bicyclic) bond motifs is 13. The third-order valence-electron chi connectivity index (χ3n) is 7.64. The number of benzene rings is 7. The molecule has 7 rings (SSSR count). The van der Waals surface area contributed by atoms with Crippen LogP contribution in [0.4, 0.5) is 0 Å². The van der Waals surface area contributed by atoms with Gasteiger partial charge >= 0.3 is 11.9 Å². The molecule has 0 heterocycles. The number of hydrogen-bond acceptors (Lipinski definition) is 4. The van der Waals surface area contributed by atoms with Crippen molar-refractivity contribution in [1.29, 1.82) is 0 Å². The number of carbonyl (C=O) groups is 2. The maximum atomic E-state index is 13.7. The summed E-state index contributed by atoms with van der Waals surface area (Å²) in [4.78, 5) is 27.3. The molecule has 7 aromatic rings. The zero-order valence-corrected chi connectivity index (χ0v) is 20.9. The van der Waals surface area contributed by atoms with Crippen LogP contribution < -0.4 is 0 Å². The summed E-state index contributed by atoms with van der Waals surface area (Å²) in [5.74, 6) is -1.15. The smallest absolute Gasteiger partial charge is 0.339 e. The summed E-state index contributed by atoms with van der Waals surface area (Å²) < 4.78 is 10.7. The number of carbonyl (C=O) groups excluding carboxylic acids is 2. The van der Waals surface area contributed by atoms with Crippen LogP contribution in [0.25, 0.3) is 64.6 Å². The Kier molecular flexibility index (Phi) is 4.85. The van der Waals surface area contributed by atoms with Crippen LogP contribution in [-0.2, 0) is 9.47 Å². The molecule has 0 N–H and O–H groups in total. The predicted octanol–water partition coefficient (Wildman–Crippen LogP) is 8.18. The molecule has 38 heavy (non-hydrogen) atoms. The first-order valence-electron chi connectivity index (χ1n) is 12.4. The van der Waals surface area contributed by atoms with E-state index in [9.17, 15) is 9.59 Å². The van der Waals surface area contributed by atoms with Crippen LogP contribution in [0.5, 0.6) is 0 Å². The summed E-state index contributed by atoms with van der Waals surface area (Å²) in [6.45, 7) is 0. The Labute approximate surface area is 218 Å². The SMILES string of the molecule is COC(=O)c1c(C(=O)OC)c2c3ccccc3c3ccccc3c2c2c3ccccc3c3ccccc3c12. The van der Waals surface area contributed by atoms with E-state index in [1.54, 1.807) is 0 Å². The van der Waals surface area contributed by atoms with Crippen molar-refractivity contribution in [3.63, 3.8) is 0 Å². The molecule has 7 aromatic carbocycles. The molecule has 0 aliphatic rings. The van der Waals surface area contributed by atoms with Gasteiger partial charge in [-0.2, -0.15) is 0 Å². The fraction of sp³-hybridized carbons (Fsp3) is 0.0588. The summed E-state index contributed by atoms with van der Waals surface area (Å²) >= 11 is 0. The lowest BCUT2D eigenvalue weighted by molar-refractivity contribution is 0.0559. The summed E-state index contributed by atoms with van der Waals surface area (Å²) in [5, 5.41) is 11.2. The van der Waals surface area contributed by atoms with E-state index in [4.69, 9.17) is 9.47 Å². The highest BCUT2D eigenvalue weighted by Gasteiger charge is 2.30. The van der Waals surface area contributed by atoms with Crippen LogP contribution in [0.1, 0.15) is 20.7 Å². The molecule has 0 amide bonds. The van der Waals surface area contributed by atoms with Crippen LogP contribution in [0.15, 0.2) is 97.1 Å². The molecule has 0 aromatic heterocycles. The molecule has 0 spiro atoms. The molecule has 4 nitrogen and oxygen atoms in total. The Morgan fingerprint density at radius 2 is 0.632 bits per heavy atom. The highest BCUT2D eigenvalue weighted by Crippen LogP contribution is 2.47. The van der Waals surface area contributed by atoms with Gasteiger partial charge in [-0.3, -0.25) is 0 Å². The quantitative estimate of drug-likeness (QED) is 0.180. The van der Waals surface area contributed by atoms with E-state index < -0.39 is 11.9 Å². The average molecular weight is 495 g/mol. The molecular formula is C34H22O4. The summed E-state index contributed by atoms with van der Waals surface area (Å²) in [6.07, 6.45) is 0. The maximum Gasteiger partial charge on any atom is 0.339 e. The fourth-order valence-electron chi connectivity index (χ4n) is 6.18. The van der Waals surface area contributed by atoms with E-state index in [2.05, 4.69) is 36.4 Å². The highest BCUT2D eigenvalue weighted by molar-refractivity contribution is 6.44. The van der Waals surface area contributed by atoms with Gasteiger partial charge in [-0.25, -0.2) is 9.59 Å². The zero-order valence-electron chi connectivity index (χ0n) is 20.9. The van der Waals surface area contributed by atoms with Gasteiger partial charge in [0.25, 0.3) is 0 Å². The Morgan fingerprint density at radius 1 is 0.395 bits per heavy atom. The van der Waals surface area contributed by atoms with Crippen LogP contribution in [-0.4, -0.2) is 26.2 Å². The van der Waals surface area contributed by atoms with E-state index in [1.165, 1.54) is 14.2 Å². The predicted molar refractivity (Wildman–Crippen MR) is 154 cm³/mol. The van der Waals surface area contributed by atoms with E-state index in [0.717, 1.165) is 53.9 Å². The van der Waals surface area contributed by atoms with Crippen molar-refractivity contribution in [2.24, 2.45) is 0 Å². The summed E-state index contributed by atoms with van der Waals surface area (Å²) in [6, 6.07) is 32.5. The van der Waals surface area contributed by atoms with Crippen LogP contribution in [0.2, 0.25) is 0 Å². The topological polar surface area (TPSA) is 52.6 Å². The molecule has 0 bridgehead atoms. The molecular weight excluding hydrogens is 472 g/mol. The van der Waals surface area contributed by atoms with Crippen molar-refractivity contribution < 1.29 is 19.1 Å². The summed E-state index contributed by atoms with van der Waals surface area (Å²) in [7, 11) is 2.70. The molecule has 0 fully saturated rings. The van der Waals surface area contributed by atoms with Crippen molar-refractivity contribution in [3.8, 4) is 0 Å². The highest BCUT2D eigenvalue weighted by atomic mass is 16.5. The van der Waals surface area contributed by atoms with Crippen molar-refractivity contribution in [3.05, 3.63) is 108 Å². The van der Waals surface area contributed by atoms with Crippen LogP contribution >= 0.6 is 0 Å². The first-order valence-corrected chi connectivity index (χ1v) is 12.4. The molecule has 0 saturated carbocycles. The number of methoxy groups -OCH3 is 2. The Balaban J connectivity index is 2.00. The fourth-order valence-corrected chi connectivity index (χ4v) is 6.18. The average Bonchev–Trinajstić information content (AvgIpc) is 2.99. The van der Waals surface area contributed by atoms with Crippen molar-refractivity contribution in [2.45, 2.75) is 0 Å². The minimum absolute atomic E-state index is 0.226. The van der Waals surface area contributed by atoms with Crippen molar-refractivity contribution >= 4 is 76.6 Å². The number of hydrogen-bond donors (Lipinski definition) is 0. The second kappa shape index (κ2) is 8.29. The normalized spacial score (nSPS) is 11.6. The maximum absolute atomic E-state index is 13.7. The van der Waals surface area contributed by atoms with Gasteiger partial charge in [-0.1, -0.05) is 97.1 Å². The molecule has 0 aliphatic heterocycles. The van der Waals surface area contributed by atoms with Gasteiger partial charge in [0.2, 0.25) is 0 Å². The van der Waals surface area contributed by atoms with Gasteiger partial charge in [0.1, 0.15) is 0 Å². The van der Waals surface area contributed by atoms with Gasteiger partial charge in [0.05, 0.1) is 25.3 Å². The molecule has 4 heteroatoms. The van der Waals surface area contributed by atoms with Crippen LogP contribution in [0.3, 0.4) is 0 Å². The minimum Gasteiger partial charge on any atom is -0.465 e. The van der Waals surface area contributed by atoms with Crippen molar-refractivity contribution in [2.75, 3.05) is 14.2 Å². The van der Waals surface area contributed by atoms with Gasteiger partial charge in [-0.05, 0) is 53.9 Å². The van der Waals surface area contributed by atoms with E-state index in [0.29, 0.717) is 10.8 Å². The third-order valence-corrected chi connectivity index (χ3v) is 7.64. The molecule has 0 aliphatic carbocycles. The first kappa shape index (κ1) is 22.3. The molecule has 182 valence electrons. The largest absolute Gasteiger partial charge is 0.465 e. The lowest BCUT2D eigenvalue weighted by Gasteiger charge is -2.21. The van der Waals surface area contributed by atoms with E-state index in [-0.39, 0.29) is 11.1 Å². The monoisotopic (exact) mass is 494 g/mol. The number of esters is 2. The van der Waals surface area contributed by atoms with E-state index in [1.807, 2.05) is 60.7 Å². The Hall–Kier alpha value is -4.96. The minimum atomic E-state index is -0.574. The molecule has 0 atom stereocenters. The zero-order chi connectivity index (χ0) is 26.0. The van der Waals surface area contributed by atoms with Gasteiger partial charge < -0.3 is 9.47 Å². The number of rotatable bonds is 2. The van der Waals surface area contributed by atoms with Gasteiger partial charge in [0, 0.05) is 10.8 Å².